The number of aromatic hydroxyl groups is 1. The second-order valence-electron chi connectivity index (χ2n) is 11.6. The maximum atomic E-state index is 13.5. The number of likely N-dealkylation sites (N-methyl/N-ethyl adjacent to an activating group) is 1. The molecule has 2 aromatic carbocycles. The molecule has 1 saturated heterocycles. The summed E-state index contributed by atoms with van der Waals surface area (Å²) in [6.07, 6.45) is 3.11. The number of phenolic OH excluding ortho intramolecular Hbond substituents is 1. The quantitative estimate of drug-likeness (QED) is 0.379. The van der Waals surface area contributed by atoms with Gasteiger partial charge in [0.25, 0.3) is 0 Å². The molecule has 1 fully saturated rings. The van der Waals surface area contributed by atoms with Gasteiger partial charge in [0.2, 0.25) is 5.91 Å². The number of likely N-dealkylation sites (tertiary alicyclic amines) is 1. The van der Waals surface area contributed by atoms with Crippen LogP contribution in [-0.2, 0) is 15.6 Å². The fourth-order valence-corrected chi connectivity index (χ4v) is 6.08. The van der Waals surface area contributed by atoms with Gasteiger partial charge in [-0.05, 0) is 42.2 Å². The lowest BCUT2D eigenvalue weighted by Gasteiger charge is -2.38. The molecular formula is C29H40N2O4Si. The van der Waals surface area contributed by atoms with E-state index in [-0.39, 0.29) is 35.3 Å². The van der Waals surface area contributed by atoms with Crippen molar-refractivity contribution in [2.24, 2.45) is 0 Å². The number of furan rings is 1. The highest BCUT2D eigenvalue weighted by atomic mass is 28.4. The molecule has 0 aliphatic carbocycles. The van der Waals surface area contributed by atoms with Gasteiger partial charge in [0.05, 0.1) is 24.8 Å². The minimum absolute atomic E-state index is 0.0169. The maximum Gasteiger partial charge on any atom is 0.230 e. The number of carbonyl (C=O) groups is 1. The summed E-state index contributed by atoms with van der Waals surface area (Å²) in [5.41, 5.74) is 0.920. The Labute approximate surface area is 216 Å². The first kappa shape index (κ1) is 26.4. The predicted molar refractivity (Wildman–Crippen MR) is 147 cm³/mol. The molecule has 1 N–H and O–H groups in total. The van der Waals surface area contributed by atoms with Gasteiger partial charge in [-0.3, -0.25) is 9.69 Å². The lowest BCUT2D eigenvalue weighted by molar-refractivity contribution is -0.132. The number of fused-ring (bicyclic) bond motifs is 1. The SMILES string of the molecule is CN(C(=O)Cc1occ2ccccc12)[C@H](CN1CC[C@H](O[Si](C)(C)C(C)(C)C)C1)c1cccc(O)c1. The Bertz CT molecular complexity index is 1200. The summed E-state index contributed by atoms with van der Waals surface area (Å²) >= 11 is 0. The van der Waals surface area contributed by atoms with E-state index in [0.29, 0.717) is 12.3 Å². The molecule has 0 saturated carbocycles. The molecule has 6 nitrogen and oxygen atoms in total. The molecule has 1 aromatic heterocycles. The van der Waals surface area contributed by atoms with Crippen LogP contribution in [-0.4, -0.2) is 61.9 Å². The molecule has 3 aromatic rings. The number of rotatable bonds is 8. The van der Waals surface area contributed by atoms with Crippen molar-refractivity contribution in [1.29, 1.82) is 0 Å². The van der Waals surface area contributed by atoms with Crippen molar-refractivity contribution in [3.63, 3.8) is 0 Å². The summed E-state index contributed by atoms with van der Waals surface area (Å²) in [6, 6.07) is 14.9. The number of benzene rings is 2. The minimum Gasteiger partial charge on any atom is -0.508 e. The van der Waals surface area contributed by atoms with Crippen LogP contribution in [0.25, 0.3) is 10.8 Å². The van der Waals surface area contributed by atoms with Gasteiger partial charge in [-0.25, -0.2) is 0 Å². The first-order valence-corrected chi connectivity index (χ1v) is 15.8. The van der Waals surface area contributed by atoms with Gasteiger partial charge in [0, 0.05) is 37.5 Å². The van der Waals surface area contributed by atoms with Gasteiger partial charge in [-0.15, -0.1) is 0 Å². The highest BCUT2D eigenvalue weighted by molar-refractivity contribution is 6.74. The summed E-state index contributed by atoms with van der Waals surface area (Å²) in [7, 11) is 0.00466. The van der Waals surface area contributed by atoms with Crippen LogP contribution < -0.4 is 0 Å². The Balaban J connectivity index is 1.49. The second-order valence-corrected chi connectivity index (χ2v) is 16.3. The molecule has 2 atom stereocenters. The number of nitrogens with zero attached hydrogens (tertiary/aromatic N) is 2. The summed E-state index contributed by atoms with van der Waals surface area (Å²) in [4.78, 5) is 17.6. The number of carbonyl (C=O) groups excluding carboxylic acids is 1. The van der Waals surface area contributed by atoms with Crippen LogP contribution >= 0.6 is 0 Å². The topological polar surface area (TPSA) is 66.2 Å². The van der Waals surface area contributed by atoms with Crippen LogP contribution in [0.5, 0.6) is 5.75 Å². The van der Waals surface area contributed by atoms with Crippen molar-refractivity contribution in [1.82, 2.24) is 9.80 Å². The minimum atomic E-state index is -1.84. The van der Waals surface area contributed by atoms with E-state index in [9.17, 15) is 9.90 Å². The fourth-order valence-electron chi connectivity index (χ4n) is 4.71. The van der Waals surface area contributed by atoms with E-state index >= 15 is 0 Å². The third kappa shape index (κ3) is 5.85. The largest absolute Gasteiger partial charge is 0.508 e. The smallest absolute Gasteiger partial charge is 0.230 e. The van der Waals surface area contributed by atoms with E-state index in [1.165, 1.54) is 0 Å². The molecule has 0 spiro atoms. The average molecular weight is 509 g/mol. The summed E-state index contributed by atoms with van der Waals surface area (Å²) in [6.45, 7) is 13.9. The summed E-state index contributed by atoms with van der Waals surface area (Å²) in [5, 5.41) is 12.3. The third-order valence-electron chi connectivity index (χ3n) is 7.94. The van der Waals surface area contributed by atoms with Gasteiger partial charge in [-0.2, -0.15) is 0 Å². The Kier molecular flexibility index (Phi) is 7.64. The number of phenols is 1. The molecule has 0 unspecified atom stereocenters. The molecule has 1 aliphatic heterocycles. The Morgan fingerprint density at radius 2 is 1.97 bits per heavy atom. The Morgan fingerprint density at radius 3 is 2.69 bits per heavy atom. The van der Waals surface area contributed by atoms with Gasteiger partial charge >= 0.3 is 0 Å². The third-order valence-corrected chi connectivity index (χ3v) is 12.5. The molecule has 1 aliphatic rings. The molecule has 0 bridgehead atoms. The summed E-state index contributed by atoms with van der Waals surface area (Å²) < 4.78 is 12.4. The number of amides is 1. The summed E-state index contributed by atoms with van der Waals surface area (Å²) in [5.74, 6) is 0.869. The fraction of sp³-hybridized carbons (Fsp3) is 0.483. The Hall–Kier alpha value is -2.61. The lowest BCUT2D eigenvalue weighted by Crippen LogP contribution is -2.45. The van der Waals surface area contributed by atoms with E-state index in [2.05, 4.69) is 38.8 Å². The van der Waals surface area contributed by atoms with E-state index < -0.39 is 8.32 Å². The molecule has 2 heterocycles. The second kappa shape index (κ2) is 10.4. The molecule has 36 heavy (non-hydrogen) atoms. The maximum absolute atomic E-state index is 13.5. The van der Waals surface area contributed by atoms with E-state index in [1.807, 2.05) is 43.4 Å². The zero-order valence-corrected chi connectivity index (χ0v) is 23.5. The monoisotopic (exact) mass is 508 g/mol. The van der Waals surface area contributed by atoms with Crippen molar-refractivity contribution < 1.29 is 18.7 Å². The Morgan fingerprint density at radius 1 is 1.22 bits per heavy atom. The van der Waals surface area contributed by atoms with E-state index in [0.717, 1.165) is 35.8 Å². The van der Waals surface area contributed by atoms with Gasteiger partial charge in [-0.1, -0.05) is 57.2 Å². The molecule has 0 radical (unpaired) electrons. The first-order chi connectivity index (χ1) is 16.9. The molecular weight excluding hydrogens is 468 g/mol. The van der Waals surface area contributed by atoms with Crippen LogP contribution in [0.2, 0.25) is 18.1 Å². The van der Waals surface area contributed by atoms with Crippen LogP contribution in [0, 0.1) is 0 Å². The normalized spacial score (nSPS) is 18.0. The predicted octanol–water partition coefficient (Wildman–Crippen LogP) is 5.98. The number of hydrogen-bond donors (Lipinski definition) is 1. The van der Waals surface area contributed by atoms with Gasteiger partial charge in [0.15, 0.2) is 8.32 Å². The van der Waals surface area contributed by atoms with Gasteiger partial charge < -0.3 is 18.8 Å². The average Bonchev–Trinajstić information content (AvgIpc) is 3.42. The van der Waals surface area contributed by atoms with Gasteiger partial charge in [0.1, 0.15) is 11.5 Å². The van der Waals surface area contributed by atoms with Crippen molar-refractivity contribution in [2.45, 2.75) is 63.9 Å². The standard InChI is InChI=1S/C29H40N2O4Si/c1-29(2,3)36(5,6)35-24-14-15-31(18-24)19-26(21-11-9-12-23(32)16-21)30(4)28(33)17-27-25-13-8-7-10-22(25)20-34-27/h7-13,16,20,24,26,32H,14-15,17-19H2,1-6H3/t24-,26+/m0/s1. The zero-order valence-electron chi connectivity index (χ0n) is 22.5. The van der Waals surface area contributed by atoms with Crippen LogP contribution in [0.15, 0.2) is 59.2 Å². The highest BCUT2D eigenvalue weighted by Gasteiger charge is 2.41. The van der Waals surface area contributed by atoms with Crippen molar-refractivity contribution in [3.8, 4) is 5.75 Å². The number of hydrogen-bond acceptors (Lipinski definition) is 5. The van der Waals surface area contributed by atoms with Crippen molar-refractivity contribution in [2.75, 3.05) is 26.7 Å². The van der Waals surface area contributed by atoms with Crippen molar-refractivity contribution in [3.05, 3.63) is 66.1 Å². The van der Waals surface area contributed by atoms with Crippen LogP contribution in [0.4, 0.5) is 0 Å². The molecule has 1 amide bonds. The van der Waals surface area contributed by atoms with E-state index in [1.54, 1.807) is 23.3 Å². The highest BCUT2D eigenvalue weighted by Crippen LogP contribution is 2.38. The molecule has 4 rings (SSSR count). The first-order valence-electron chi connectivity index (χ1n) is 12.8. The zero-order chi connectivity index (χ0) is 26.1. The molecule has 194 valence electrons. The van der Waals surface area contributed by atoms with Crippen molar-refractivity contribution >= 4 is 25.0 Å². The van der Waals surface area contributed by atoms with Crippen LogP contribution in [0.1, 0.15) is 44.6 Å². The van der Waals surface area contributed by atoms with Crippen LogP contribution in [0.3, 0.4) is 0 Å². The lowest BCUT2D eigenvalue weighted by atomic mass is 10.0. The molecule has 7 heteroatoms. The van der Waals surface area contributed by atoms with E-state index in [4.69, 9.17) is 8.84 Å².